The summed E-state index contributed by atoms with van der Waals surface area (Å²) >= 11 is 11.8. The molecule has 22 heavy (non-hydrogen) atoms. The van der Waals surface area contributed by atoms with E-state index in [1.165, 1.54) is 0 Å². The highest BCUT2D eigenvalue weighted by Gasteiger charge is 2.46. The van der Waals surface area contributed by atoms with Crippen molar-refractivity contribution >= 4 is 29.3 Å². The van der Waals surface area contributed by atoms with Gasteiger partial charge in [0.15, 0.2) is 0 Å². The summed E-state index contributed by atoms with van der Waals surface area (Å²) in [6, 6.07) is 13.0. The number of carbonyl (C=O) groups is 1. The van der Waals surface area contributed by atoms with Crippen molar-refractivity contribution in [1.82, 2.24) is 10.3 Å². The summed E-state index contributed by atoms with van der Waals surface area (Å²) in [5.41, 5.74) is 1.36. The van der Waals surface area contributed by atoms with E-state index >= 15 is 0 Å². The van der Waals surface area contributed by atoms with Gasteiger partial charge >= 0.3 is 6.09 Å². The number of alkyl carbamates (subject to hydrolysis) is 1. The number of nitrogens with one attached hydrogen (secondary N) is 1. The predicted octanol–water partition coefficient (Wildman–Crippen LogP) is 4.30. The summed E-state index contributed by atoms with van der Waals surface area (Å²) in [6.07, 6.45) is 1.19. The molecule has 1 aliphatic rings. The molecule has 1 fully saturated rings. The van der Waals surface area contributed by atoms with E-state index in [4.69, 9.17) is 27.9 Å². The molecule has 0 atom stereocenters. The maximum atomic E-state index is 12.0. The fourth-order valence-corrected chi connectivity index (χ4v) is 2.77. The topological polar surface area (TPSA) is 51.2 Å². The van der Waals surface area contributed by atoms with Gasteiger partial charge in [-0.15, -0.1) is 0 Å². The standard InChI is InChI=1S/C16H14Cl2N2O2/c17-13-8-12(9-14(18)19-13)16(6-7-16)20-15(21)22-10-11-4-2-1-3-5-11/h1-5,8-9H,6-7,10H2,(H,20,21). The molecule has 0 radical (unpaired) electrons. The first-order chi connectivity index (χ1) is 10.6. The summed E-state index contributed by atoms with van der Waals surface area (Å²) in [5, 5.41) is 3.53. The number of hydrogen-bond acceptors (Lipinski definition) is 3. The van der Waals surface area contributed by atoms with Crippen LogP contribution in [0.2, 0.25) is 10.3 Å². The van der Waals surface area contributed by atoms with E-state index in [-0.39, 0.29) is 6.61 Å². The van der Waals surface area contributed by atoms with E-state index in [0.29, 0.717) is 10.3 Å². The molecule has 114 valence electrons. The molecule has 2 aromatic rings. The van der Waals surface area contributed by atoms with Gasteiger partial charge in [0.25, 0.3) is 0 Å². The third-order valence-electron chi connectivity index (χ3n) is 3.62. The Morgan fingerprint density at radius 2 is 1.82 bits per heavy atom. The minimum absolute atomic E-state index is 0.237. The Morgan fingerprint density at radius 3 is 2.41 bits per heavy atom. The molecular formula is C16H14Cl2N2O2. The zero-order chi connectivity index (χ0) is 15.6. The lowest BCUT2D eigenvalue weighted by atomic mass is 10.1. The number of nitrogens with zero attached hydrogens (tertiary/aromatic N) is 1. The second-order valence-corrected chi connectivity index (χ2v) is 6.04. The molecule has 1 N–H and O–H groups in total. The molecule has 0 bridgehead atoms. The van der Waals surface area contributed by atoms with Crippen molar-refractivity contribution < 1.29 is 9.53 Å². The summed E-state index contributed by atoms with van der Waals surface area (Å²) in [5.74, 6) is 0. The van der Waals surface area contributed by atoms with Crippen molar-refractivity contribution in [1.29, 1.82) is 0 Å². The number of halogens is 2. The fraction of sp³-hybridized carbons (Fsp3) is 0.250. The molecule has 3 rings (SSSR count). The van der Waals surface area contributed by atoms with Crippen LogP contribution < -0.4 is 5.32 Å². The zero-order valence-corrected chi connectivity index (χ0v) is 13.2. The first-order valence-corrected chi connectivity index (χ1v) is 7.65. The van der Waals surface area contributed by atoms with Crippen molar-refractivity contribution in [3.63, 3.8) is 0 Å². The molecule has 6 heteroatoms. The highest BCUT2D eigenvalue weighted by atomic mass is 35.5. The molecule has 1 aromatic heterocycles. The molecule has 1 amide bonds. The number of hydrogen-bond donors (Lipinski definition) is 1. The summed E-state index contributed by atoms with van der Waals surface area (Å²) < 4.78 is 5.25. The average molecular weight is 337 g/mol. The van der Waals surface area contributed by atoms with Crippen LogP contribution in [0.15, 0.2) is 42.5 Å². The Balaban J connectivity index is 1.63. The van der Waals surface area contributed by atoms with Gasteiger partial charge in [-0.3, -0.25) is 0 Å². The van der Waals surface area contributed by atoms with E-state index in [1.807, 2.05) is 30.3 Å². The van der Waals surface area contributed by atoms with Crippen molar-refractivity contribution in [3.05, 3.63) is 63.9 Å². The zero-order valence-electron chi connectivity index (χ0n) is 11.7. The SMILES string of the molecule is O=C(NC1(c2cc(Cl)nc(Cl)c2)CC1)OCc1ccccc1. The van der Waals surface area contributed by atoms with Crippen LogP contribution in [0.25, 0.3) is 0 Å². The summed E-state index contributed by atoms with van der Waals surface area (Å²) in [4.78, 5) is 15.9. The Hall–Kier alpha value is -1.78. The second-order valence-electron chi connectivity index (χ2n) is 5.27. The van der Waals surface area contributed by atoms with Crippen molar-refractivity contribution in [2.75, 3.05) is 0 Å². The number of rotatable bonds is 4. The van der Waals surface area contributed by atoms with E-state index in [0.717, 1.165) is 24.0 Å². The highest BCUT2D eigenvalue weighted by Crippen LogP contribution is 2.46. The highest BCUT2D eigenvalue weighted by molar-refractivity contribution is 6.32. The predicted molar refractivity (Wildman–Crippen MR) is 84.9 cm³/mol. The van der Waals surface area contributed by atoms with E-state index in [9.17, 15) is 4.79 Å². The summed E-state index contributed by atoms with van der Waals surface area (Å²) in [6.45, 7) is 0.237. The van der Waals surface area contributed by atoms with Crippen molar-refractivity contribution in [3.8, 4) is 0 Å². The largest absolute Gasteiger partial charge is 0.445 e. The molecule has 1 heterocycles. The molecule has 0 unspecified atom stereocenters. The van der Waals surface area contributed by atoms with Crippen molar-refractivity contribution in [2.45, 2.75) is 25.0 Å². The van der Waals surface area contributed by atoms with Gasteiger partial charge in [0, 0.05) is 0 Å². The van der Waals surface area contributed by atoms with Crippen molar-refractivity contribution in [2.24, 2.45) is 0 Å². The Bertz CT molecular complexity index is 668. The van der Waals surface area contributed by atoms with Gasteiger partial charge < -0.3 is 10.1 Å². The van der Waals surface area contributed by atoms with E-state index in [2.05, 4.69) is 10.3 Å². The second kappa shape index (κ2) is 6.15. The molecule has 1 aromatic carbocycles. The van der Waals surface area contributed by atoms with Crippen LogP contribution in [0.1, 0.15) is 24.0 Å². The van der Waals surface area contributed by atoms with Crippen LogP contribution in [0.5, 0.6) is 0 Å². The lowest BCUT2D eigenvalue weighted by Gasteiger charge is -2.18. The number of amides is 1. The molecule has 0 spiro atoms. The maximum absolute atomic E-state index is 12.0. The van der Waals surface area contributed by atoms with Gasteiger partial charge in [-0.2, -0.15) is 0 Å². The lowest BCUT2D eigenvalue weighted by molar-refractivity contribution is 0.134. The normalized spacial score (nSPS) is 15.2. The van der Waals surface area contributed by atoms with Gasteiger partial charge in [0.1, 0.15) is 16.9 Å². The lowest BCUT2D eigenvalue weighted by Crippen LogP contribution is -2.35. The third-order valence-corrected chi connectivity index (χ3v) is 4.01. The maximum Gasteiger partial charge on any atom is 0.408 e. The van der Waals surface area contributed by atoms with E-state index < -0.39 is 11.6 Å². The van der Waals surface area contributed by atoms with Gasteiger partial charge in [-0.05, 0) is 36.1 Å². The number of carbonyl (C=O) groups excluding carboxylic acids is 1. The average Bonchev–Trinajstić information content (AvgIpc) is 3.26. The van der Waals surface area contributed by atoms with Crippen LogP contribution in [0.3, 0.4) is 0 Å². The van der Waals surface area contributed by atoms with Crippen LogP contribution in [0.4, 0.5) is 4.79 Å². The Kier molecular flexibility index (Phi) is 4.23. The minimum Gasteiger partial charge on any atom is -0.445 e. The van der Waals surface area contributed by atoms with Gasteiger partial charge in [0.2, 0.25) is 0 Å². The Morgan fingerprint density at radius 1 is 1.18 bits per heavy atom. The van der Waals surface area contributed by atoms with Crippen LogP contribution in [-0.2, 0) is 16.9 Å². The number of pyridine rings is 1. The van der Waals surface area contributed by atoms with Gasteiger partial charge in [-0.25, -0.2) is 9.78 Å². The molecular weight excluding hydrogens is 323 g/mol. The fourth-order valence-electron chi connectivity index (χ4n) is 2.31. The van der Waals surface area contributed by atoms with Gasteiger partial charge in [0.05, 0.1) is 5.54 Å². The molecule has 0 saturated heterocycles. The minimum atomic E-state index is -0.453. The summed E-state index contributed by atoms with van der Waals surface area (Å²) in [7, 11) is 0. The first-order valence-electron chi connectivity index (χ1n) is 6.90. The smallest absolute Gasteiger partial charge is 0.408 e. The third kappa shape index (κ3) is 3.51. The van der Waals surface area contributed by atoms with Crippen LogP contribution in [-0.4, -0.2) is 11.1 Å². The molecule has 1 saturated carbocycles. The Labute approximate surface area is 138 Å². The molecule has 1 aliphatic carbocycles. The number of ether oxygens (including phenoxy) is 1. The number of benzene rings is 1. The van der Waals surface area contributed by atoms with E-state index in [1.54, 1.807) is 12.1 Å². The first kappa shape index (κ1) is 15.1. The quantitative estimate of drug-likeness (QED) is 0.846. The monoisotopic (exact) mass is 336 g/mol. The number of aromatic nitrogens is 1. The van der Waals surface area contributed by atoms with Gasteiger partial charge in [-0.1, -0.05) is 53.5 Å². The molecule has 4 nitrogen and oxygen atoms in total. The van der Waals surface area contributed by atoms with Crippen LogP contribution in [0, 0.1) is 0 Å². The van der Waals surface area contributed by atoms with Crippen LogP contribution >= 0.6 is 23.2 Å². The molecule has 0 aliphatic heterocycles.